The van der Waals surface area contributed by atoms with Gasteiger partial charge in [0.25, 0.3) is 0 Å². The Morgan fingerprint density at radius 2 is 1.59 bits per heavy atom. The molecule has 0 radical (unpaired) electrons. The fourth-order valence-electron chi connectivity index (χ4n) is 3.92. The fraction of sp³-hybridized carbons (Fsp3) is 0.400. The van der Waals surface area contributed by atoms with E-state index in [9.17, 15) is 0 Å². The number of rotatable bonds is 15. The van der Waals surface area contributed by atoms with E-state index in [4.69, 9.17) is 15.2 Å². The first-order valence-corrected chi connectivity index (χ1v) is 12.7. The molecule has 3 N–H and O–H groups in total. The lowest BCUT2D eigenvalue weighted by molar-refractivity contribution is 0.307. The van der Waals surface area contributed by atoms with E-state index in [1.54, 1.807) is 0 Å². The highest BCUT2D eigenvalue weighted by molar-refractivity contribution is 5.55. The first-order valence-electron chi connectivity index (χ1n) is 12.7. The average molecular weight is 461 g/mol. The Morgan fingerprint density at radius 3 is 2.29 bits per heavy atom. The molecule has 4 nitrogen and oxygen atoms in total. The number of nitrogens with one attached hydrogen (secondary N) is 1. The number of benzene rings is 3. The summed E-state index contributed by atoms with van der Waals surface area (Å²) in [5.41, 5.74) is 10.7. The maximum atomic E-state index is 6.36. The predicted molar refractivity (Wildman–Crippen MR) is 142 cm³/mol. The zero-order valence-electron chi connectivity index (χ0n) is 20.8. The van der Waals surface area contributed by atoms with Gasteiger partial charge in [-0.3, -0.25) is 0 Å². The van der Waals surface area contributed by atoms with Crippen LogP contribution in [0.2, 0.25) is 0 Å². The van der Waals surface area contributed by atoms with Gasteiger partial charge in [0.05, 0.1) is 12.3 Å². The number of hydrogen-bond acceptors (Lipinski definition) is 4. The molecule has 3 aromatic carbocycles. The number of nitrogen functional groups attached to an aromatic ring is 1. The molecule has 0 bridgehead atoms. The lowest BCUT2D eigenvalue weighted by Gasteiger charge is -2.21. The highest BCUT2D eigenvalue weighted by Crippen LogP contribution is 2.28. The molecule has 3 rings (SSSR count). The van der Waals surface area contributed by atoms with Gasteiger partial charge in [-0.25, -0.2) is 0 Å². The van der Waals surface area contributed by atoms with E-state index in [0.717, 1.165) is 55.9 Å². The highest BCUT2D eigenvalue weighted by Gasteiger charge is 2.13. The zero-order chi connectivity index (χ0) is 24.0. The Bertz CT molecular complexity index is 957. The molecule has 0 spiro atoms. The maximum Gasteiger partial charge on any atom is 0.142 e. The summed E-state index contributed by atoms with van der Waals surface area (Å²) in [4.78, 5) is 0. The monoisotopic (exact) mass is 460 g/mol. The lowest BCUT2D eigenvalue weighted by atomic mass is 10.00. The van der Waals surface area contributed by atoms with Crippen LogP contribution in [0.15, 0.2) is 72.8 Å². The molecule has 0 saturated heterocycles. The Labute approximate surface area is 205 Å². The van der Waals surface area contributed by atoms with Crippen LogP contribution in [0.1, 0.15) is 68.7 Å². The van der Waals surface area contributed by atoms with Crippen molar-refractivity contribution in [3.63, 3.8) is 0 Å². The molecule has 4 heteroatoms. The van der Waals surface area contributed by atoms with Gasteiger partial charge in [-0.2, -0.15) is 0 Å². The van der Waals surface area contributed by atoms with Gasteiger partial charge in [-0.15, -0.1) is 0 Å². The van der Waals surface area contributed by atoms with E-state index in [1.165, 1.54) is 24.0 Å². The van der Waals surface area contributed by atoms with Crippen molar-refractivity contribution >= 4 is 5.69 Å². The van der Waals surface area contributed by atoms with E-state index in [2.05, 4.69) is 67.7 Å². The summed E-state index contributed by atoms with van der Waals surface area (Å²) in [6.07, 6.45) is 6.66. The standard InChI is InChI=1S/C30H40N2O2/c1-3-5-12-29(32-20-19-24-13-16-27(17-14-24)33-21-6-4-2)26-15-18-30(28(31)22-26)34-23-25-10-8-7-9-11-25/h7-11,13-18,22,29,32H,3-6,12,19-21,23,31H2,1-2H3. The van der Waals surface area contributed by atoms with Gasteiger partial charge < -0.3 is 20.5 Å². The molecule has 0 fully saturated rings. The molecule has 1 atom stereocenters. The number of unbranched alkanes of at least 4 members (excludes halogenated alkanes) is 2. The average Bonchev–Trinajstić information content (AvgIpc) is 2.87. The topological polar surface area (TPSA) is 56.5 Å². The molecule has 1 unspecified atom stereocenters. The molecule has 34 heavy (non-hydrogen) atoms. The summed E-state index contributed by atoms with van der Waals surface area (Å²) in [6, 6.07) is 25.1. The quantitative estimate of drug-likeness (QED) is 0.188. The Morgan fingerprint density at radius 1 is 0.824 bits per heavy atom. The van der Waals surface area contributed by atoms with Crippen LogP contribution in [0.4, 0.5) is 5.69 Å². The predicted octanol–water partition coefficient (Wildman–Crippen LogP) is 7.09. The fourth-order valence-corrected chi connectivity index (χ4v) is 3.92. The summed E-state index contributed by atoms with van der Waals surface area (Å²) in [7, 11) is 0. The maximum absolute atomic E-state index is 6.36. The third-order valence-electron chi connectivity index (χ3n) is 6.01. The van der Waals surface area contributed by atoms with E-state index in [-0.39, 0.29) is 6.04 Å². The minimum atomic E-state index is 0.280. The highest BCUT2D eigenvalue weighted by atomic mass is 16.5. The van der Waals surface area contributed by atoms with Gasteiger partial charge in [0.15, 0.2) is 0 Å². The summed E-state index contributed by atoms with van der Waals surface area (Å²) < 4.78 is 11.7. The van der Waals surface area contributed by atoms with Crippen LogP contribution in [0, 0.1) is 0 Å². The van der Waals surface area contributed by atoms with Crippen LogP contribution in [0.3, 0.4) is 0 Å². The molecule has 0 aliphatic heterocycles. The summed E-state index contributed by atoms with van der Waals surface area (Å²) >= 11 is 0. The van der Waals surface area contributed by atoms with E-state index >= 15 is 0 Å². The Hall–Kier alpha value is -2.98. The second-order valence-corrected chi connectivity index (χ2v) is 8.82. The van der Waals surface area contributed by atoms with Crippen molar-refractivity contribution in [2.24, 2.45) is 0 Å². The van der Waals surface area contributed by atoms with Gasteiger partial charge in [0, 0.05) is 6.04 Å². The minimum absolute atomic E-state index is 0.280. The smallest absolute Gasteiger partial charge is 0.142 e. The second kappa shape index (κ2) is 14.3. The SMILES string of the molecule is CCCCOc1ccc(CCNC(CCCC)c2ccc(OCc3ccccc3)c(N)c2)cc1. The van der Waals surface area contributed by atoms with Crippen molar-refractivity contribution in [1.82, 2.24) is 5.32 Å². The van der Waals surface area contributed by atoms with Crippen LogP contribution in [-0.4, -0.2) is 13.2 Å². The third-order valence-corrected chi connectivity index (χ3v) is 6.01. The van der Waals surface area contributed by atoms with Gasteiger partial charge >= 0.3 is 0 Å². The normalized spacial score (nSPS) is 11.8. The minimum Gasteiger partial charge on any atom is -0.494 e. The van der Waals surface area contributed by atoms with E-state index in [1.807, 2.05) is 24.3 Å². The lowest BCUT2D eigenvalue weighted by Crippen LogP contribution is -2.24. The van der Waals surface area contributed by atoms with Gasteiger partial charge in [-0.05, 0) is 66.8 Å². The molecule has 3 aromatic rings. The number of hydrogen-bond donors (Lipinski definition) is 2. The van der Waals surface area contributed by atoms with Crippen molar-refractivity contribution in [1.29, 1.82) is 0 Å². The van der Waals surface area contributed by atoms with Gasteiger partial charge in [0.1, 0.15) is 18.1 Å². The van der Waals surface area contributed by atoms with Gasteiger partial charge in [0.2, 0.25) is 0 Å². The summed E-state index contributed by atoms with van der Waals surface area (Å²) in [6.45, 7) is 6.63. The largest absolute Gasteiger partial charge is 0.494 e. The van der Waals surface area contributed by atoms with Crippen LogP contribution < -0.4 is 20.5 Å². The number of anilines is 1. The van der Waals surface area contributed by atoms with Crippen LogP contribution >= 0.6 is 0 Å². The van der Waals surface area contributed by atoms with Crippen molar-refractivity contribution in [2.45, 2.75) is 65.0 Å². The molecule has 0 saturated carbocycles. The summed E-state index contributed by atoms with van der Waals surface area (Å²) in [5.74, 6) is 1.69. The Balaban J connectivity index is 1.54. The van der Waals surface area contributed by atoms with Gasteiger partial charge in [-0.1, -0.05) is 81.6 Å². The van der Waals surface area contributed by atoms with Crippen LogP contribution in [0.25, 0.3) is 0 Å². The van der Waals surface area contributed by atoms with E-state index < -0.39 is 0 Å². The molecule has 0 aliphatic carbocycles. The van der Waals surface area contributed by atoms with Crippen molar-refractivity contribution in [2.75, 3.05) is 18.9 Å². The third kappa shape index (κ3) is 8.42. The molecular weight excluding hydrogens is 420 g/mol. The molecule has 0 aromatic heterocycles. The van der Waals surface area contributed by atoms with Crippen molar-refractivity contribution < 1.29 is 9.47 Å². The first-order chi connectivity index (χ1) is 16.7. The first kappa shape index (κ1) is 25.6. The molecule has 0 amide bonds. The summed E-state index contributed by atoms with van der Waals surface area (Å²) in [5, 5.41) is 3.75. The van der Waals surface area contributed by atoms with Crippen LogP contribution in [0.5, 0.6) is 11.5 Å². The second-order valence-electron chi connectivity index (χ2n) is 8.82. The molecule has 0 heterocycles. The Kier molecular flexibility index (Phi) is 10.8. The number of ether oxygens (including phenoxy) is 2. The van der Waals surface area contributed by atoms with Crippen LogP contribution in [-0.2, 0) is 13.0 Å². The number of nitrogens with two attached hydrogens (primary N) is 1. The zero-order valence-corrected chi connectivity index (χ0v) is 20.8. The van der Waals surface area contributed by atoms with Crippen molar-refractivity contribution in [3.05, 3.63) is 89.5 Å². The molecule has 0 aliphatic rings. The molecular formula is C30H40N2O2. The van der Waals surface area contributed by atoms with Crippen molar-refractivity contribution in [3.8, 4) is 11.5 Å². The van der Waals surface area contributed by atoms with E-state index in [0.29, 0.717) is 12.3 Å². The molecule has 182 valence electrons.